The molecule has 0 spiro atoms. The van der Waals surface area contributed by atoms with Gasteiger partial charge in [-0.15, -0.1) is 0 Å². The topological polar surface area (TPSA) is 55.4 Å². The molecule has 0 saturated carbocycles. The number of ether oxygens (including phenoxy) is 1. The molecule has 0 unspecified atom stereocenters. The zero-order valence-electron chi connectivity index (χ0n) is 11.0. The number of anilines is 1. The highest BCUT2D eigenvalue weighted by Crippen LogP contribution is 2.18. The fourth-order valence-electron chi connectivity index (χ4n) is 1.71. The Labute approximate surface area is 125 Å². The summed E-state index contributed by atoms with van der Waals surface area (Å²) in [5, 5.41) is 2.75. The Morgan fingerprint density at radius 3 is 2.67 bits per heavy atom. The Bertz CT molecular complexity index is 703. The van der Waals surface area contributed by atoms with Gasteiger partial charge >= 0.3 is 5.97 Å². The van der Waals surface area contributed by atoms with E-state index in [1.54, 1.807) is 18.2 Å². The molecule has 0 saturated heterocycles. The summed E-state index contributed by atoms with van der Waals surface area (Å²) in [5.41, 5.74) is 0.454. The lowest BCUT2D eigenvalue weighted by Gasteiger charge is -2.08. The standard InChI is InChI=1S/C15H11ClFNO3/c1-21-15(20)9-3-2-4-11(7-9)18-14(19)12-8-10(16)5-6-13(12)17/h2-8H,1H3,(H,18,19). The Kier molecular flexibility index (Phi) is 4.55. The first-order valence-electron chi connectivity index (χ1n) is 5.96. The number of esters is 1. The highest BCUT2D eigenvalue weighted by molar-refractivity contribution is 6.31. The summed E-state index contributed by atoms with van der Waals surface area (Å²) in [6, 6.07) is 9.83. The van der Waals surface area contributed by atoms with Gasteiger partial charge in [-0.1, -0.05) is 17.7 Å². The van der Waals surface area contributed by atoms with Crippen LogP contribution in [-0.4, -0.2) is 19.0 Å². The summed E-state index contributed by atoms with van der Waals surface area (Å²) in [6.07, 6.45) is 0. The fourth-order valence-corrected chi connectivity index (χ4v) is 1.88. The van der Waals surface area contributed by atoms with Crippen molar-refractivity contribution >= 4 is 29.2 Å². The maximum absolute atomic E-state index is 13.6. The van der Waals surface area contributed by atoms with Crippen molar-refractivity contribution < 1.29 is 18.7 Å². The maximum Gasteiger partial charge on any atom is 0.337 e. The molecular weight excluding hydrogens is 297 g/mol. The molecule has 21 heavy (non-hydrogen) atoms. The largest absolute Gasteiger partial charge is 0.465 e. The van der Waals surface area contributed by atoms with Crippen molar-refractivity contribution in [3.05, 3.63) is 64.4 Å². The molecule has 2 rings (SSSR count). The second-order valence-electron chi connectivity index (χ2n) is 4.15. The van der Waals surface area contributed by atoms with Crippen molar-refractivity contribution in [2.75, 3.05) is 12.4 Å². The van der Waals surface area contributed by atoms with Gasteiger partial charge in [0.2, 0.25) is 0 Å². The maximum atomic E-state index is 13.6. The zero-order chi connectivity index (χ0) is 15.4. The molecule has 0 fully saturated rings. The molecule has 0 radical (unpaired) electrons. The van der Waals surface area contributed by atoms with E-state index < -0.39 is 17.7 Å². The van der Waals surface area contributed by atoms with Crippen LogP contribution in [-0.2, 0) is 4.74 Å². The number of benzene rings is 2. The Balaban J connectivity index is 2.23. The Morgan fingerprint density at radius 2 is 1.95 bits per heavy atom. The molecule has 0 heterocycles. The van der Waals surface area contributed by atoms with Crippen molar-refractivity contribution in [2.45, 2.75) is 0 Å². The van der Waals surface area contributed by atoms with E-state index in [-0.39, 0.29) is 16.1 Å². The molecule has 1 amide bonds. The number of carbonyl (C=O) groups excluding carboxylic acids is 2. The highest BCUT2D eigenvalue weighted by Gasteiger charge is 2.13. The number of halogens is 2. The van der Waals surface area contributed by atoms with Crippen LogP contribution in [0.5, 0.6) is 0 Å². The predicted octanol–water partition coefficient (Wildman–Crippen LogP) is 3.52. The first-order valence-corrected chi connectivity index (χ1v) is 6.34. The minimum atomic E-state index is -0.680. The van der Waals surface area contributed by atoms with Crippen molar-refractivity contribution in [3.63, 3.8) is 0 Å². The van der Waals surface area contributed by atoms with Crippen LogP contribution in [0.25, 0.3) is 0 Å². The van der Waals surface area contributed by atoms with E-state index in [4.69, 9.17) is 11.6 Å². The van der Waals surface area contributed by atoms with Crippen LogP contribution in [0.3, 0.4) is 0 Å². The number of amides is 1. The number of methoxy groups -OCH3 is 1. The molecule has 0 aliphatic rings. The molecule has 0 aliphatic carbocycles. The first-order chi connectivity index (χ1) is 10.0. The van der Waals surface area contributed by atoms with Gasteiger partial charge in [-0.25, -0.2) is 9.18 Å². The van der Waals surface area contributed by atoms with Gasteiger partial charge in [0.15, 0.2) is 0 Å². The van der Waals surface area contributed by atoms with Crippen molar-refractivity contribution in [1.82, 2.24) is 0 Å². The van der Waals surface area contributed by atoms with E-state index in [2.05, 4.69) is 10.1 Å². The Morgan fingerprint density at radius 1 is 1.19 bits per heavy atom. The highest BCUT2D eigenvalue weighted by atomic mass is 35.5. The van der Waals surface area contributed by atoms with Gasteiger partial charge in [-0.3, -0.25) is 4.79 Å². The van der Waals surface area contributed by atoms with Gasteiger partial charge in [0.1, 0.15) is 5.82 Å². The van der Waals surface area contributed by atoms with E-state index in [0.29, 0.717) is 5.69 Å². The molecule has 4 nitrogen and oxygen atoms in total. The minimum Gasteiger partial charge on any atom is -0.465 e. The summed E-state index contributed by atoms with van der Waals surface area (Å²) in [6.45, 7) is 0. The first kappa shape index (κ1) is 15.0. The van der Waals surface area contributed by atoms with Gasteiger partial charge < -0.3 is 10.1 Å². The molecule has 0 atom stereocenters. The molecule has 2 aromatic carbocycles. The van der Waals surface area contributed by atoms with Gasteiger partial charge in [-0.2, -0.15) is 0 Å². The molecule has 6 heteroatoms. The Hall–Kier alpha value is -2.40. The van der Waals surface area contributed by atoms with Crippen molar-refractivity contribution in [3.8, 4) is 0 Å². The van der Waals surface area contributed by atoms with Crippen molar-refractivity contribution in [1.29, 1.82) is 0 Å². The van der Waals surface area contributed by atoms with Crippen LogP contribution >= 0.6 is 11.6 Å². The zero-order valence-corrected chi connectivity index (χ0v) is 11.8. The number of nitrogens with one attached hydrogen (secondary N) is 1. The lowest BCUT2D eigenvalue weighted by atomic mass is 10.1. The van der Waals surface area contributed by atoms with E-state index in [0.717, 1.165) is 6.07 Å². The van der Waals surface area contributed by atoms with Crippen LogP contribution in [0.2, 0.25) is 5.02 Å². The summed E-state index contributed by atoms with van der Waals surface area (Å²) in [4.78, 5) is 23.4. The summed E-state index contributed by atoms with van der Waals surface area (Å²) >= 11 is 5.74. The quantitative estimate of drug-likeness (QED) is 0.883. The monoisotopic (exact) mass is 307 g/mol. The second kappa shape index (κ2) is 6.37. The SMILES string of the molecule is COC(=O)c1cccc(NC(=O)c2cc(Cl)ccc2F)c1. The summed E-state index contributed by atoms with van der Waals surface area (Å²) in [7, 11) is 1.26. The number of hydrogen-bond donors (Lipinski definition) is 1. The second-order valence-corrected chi connectivity index (χ2v) is 4.59. The van der Waals surface area contributed by atoms with E-state index in [1.165, 1.54) is 25.3 Å². The average Bonchev–Trinajstić information content (AvgIpc) is 2.49. The molecular formula is C15H11ClFNO3. The molecule has 0 aromatic heterocycles. The lowest BCUT2D eigenvalue weighted by Crippen LogP contribution is -2.14. The smallest absolute Gasteiger partial charge is 0.337 e. The average molecular weight is 308 g/mol. The van der Waals surface area contributed by atoms with E-state index >= 15 is 0 Å². The van der Waals surface area contributed by atoms with Crippen LogP contribution in [0.15, 0.2) is 42.5 Å². The molecule has 0 bridgehead atoms. The van der Waals surface area contributed by atoms with Gasteiger partial charge in [0.05, 0.1) is 18.2 Å². The van der Waals surface area contributed by atoms with Gasteiger partial charge in [-0.05, 0) is 36.4 Å². The number of rotatable bonds is 3. The lowest BCUT2D eigenvalue weighted by molar-refractivity contribution is 0.0600. The van der Waals surface area contributed by atoms with Crippen LogP contribution in [0.1, 0.15) is 20.7 Å². The number of carbonyl (C=O) groups is 2. The van der Waals surface area contributed by atoms with Crippen LogP contribution < -0.4 is 5.32 Å². The molecule has 1 N–H and O–H groups in total. The van der Waals surface area contributed by atoms with Gasteiger partial charge in [0, 0.05) is 10.7 Å². The van der Waals surface area contributed by atoms with Crippen LogP contribution in [0.4, 0.5) is 10.1 Å². The summed E-state index contributed by atoms with van der Waals surface area (Å²) in [5.74, 6) is -1.86. The predicted molar refractivity (Wildman–Crippen MR) is 77.1 cm³/mol. The van der Waals surface area contributed by atoms with E-state index in [1.807, 2.05) is 0 Å². The molecule has 108 valence electrons. The fraction of sp³-hybridized carbons (Fsp3) is 0.0667. The normalized spacial score (nSPS) is 10.0. The third-order valence-corrected chi connectivity index (χ3v) is 2.95. The third kappa shape index (κ3) is 3.58. The molecule has 2 aromatic rings. The van der Waals surface area contributed by atoms with Crippen molar-refractivity contribution in [2.24, 2.45) is 0 Å². The number of hydrogen-bond acceptors (Lipinski definition) is 3. The summed E-state index contributed by atoms with van der Waals surface area (Å²) < 4.78 is 18.2. The third-order valence-electron chi connectivity index (χ3n) is 2.71. The van der Waals surface area contributed by atoms with E-state index in [9.17, 15) is 14.0 Å². The van der Waals surface area contributed by atoms with Crippen LogP contribution in [0, 0.1) is 5.82 Å². The van der Waals surface area contributed by atoms with Gasteiger partial charge in [0.25, 0.3) is 5.91 Å². The minimum absolute atomic E-state index is 0.175. The molecule has 0 aliphatic heterocycles.